The first-order chi connectivity index (χ1) is 24.1. The van der Waals surface area contributed by atoms with Crippen molar-refractivity contribution in [2.45, 2.75) is 69.1 Å². The topological polar surface area (TPSA) is 25.8 Å². The van der Waals surface area contributed by atoms with Crippen LogP contribution in [0.15, 0.2) is 116 Å². The standard InChI is InChI=1S/C31H28NS.C15H18GeN.Ir/c1-31(2,22-12-6-7-13-22)23-18-19-32-27(20-23)25-17-16-24(21-10-4-3-5-11-21)29-26-14-8-9-15-28(26)33-30(25)29;1-12-10-15(13-8-6-5-7-9-13)17-11-14(12)16(2,3)4;/h3-5,8-11,14-16,18-20,22H,6-7,12-13H2,1-2H3;5-8,10-11H,1-4H3;/q2*-1;. The van der Waals surface area contributed by atoms with Crippen LogP contribution in [0.2, 0.25) is 17.3 Å². The van der Waals surface area contributed by atoms with Gasteiger partial charge in [-0.05, 0) is 57.7 Å². The van der Waals surface area contributed by atoms with Gasteiger partial charge >= 0.3 is 106 Å². The summed E-state index contributed by atoms with van der Waals surface area (Å²) in [5.41, 5.74) is 9.67. The maximum atomic E-state index is 4.85. The number of hydrogen-bond acceptors (Lipinski definition) is 3. The van der Waals surface area contributed by atoms with E-state index in [1.807, 2.05) is 35.7 Å². The Morgan fingerprint density at radius 1 is 0.804 bits per heavy atom. The smallest absolute Gasteiger partial charge is 0 e. The van der Waals surface area contributed by atoms with Gasteiger partial charge in [-0.25, -0.2) is 0 Å². The second-order valence-electron chi connectivity index (χ2n) is 15.3. The molecule has 1 fully saturated rings. The van der Waals surface area contributed by atoms with Gasteiger partial charge in [0.05, 0.1) is 0 Å². The van der Waals surface area contributed by atoms with E-state index in [4.69, 9.17) is 4.98 Å². The molecule has 0 spiro atoms. The Morgan fingerprint density at radius 2 is 1.53 bits per heavy atom. The van der Waals surface area contributed by atoms with E-state index >= 15 is 0 Å². The molecule has 1 radical (unpaired) electrons. The molecule has 0 unspecified atom stereocenters. The summed E-state index contributed by atoms with van der Waals surface area (Å²) in [5, 5.41) is 2.63. The predicted molar refractivity (Wildman–Crippen MR) is 218 cm³/mol. The molecule has 0 aliphatic heterocycles. The summed E-state index contributed by atoms with van der Waals surface area (Å²) in [4.78, 5) is 9.44. The molecule has 7 aromatic rings. The first kappa shape index (κ1) is 37.4. The number of thiophene rings is 1. The molecule has 0 N–H and O–H groups in total. The van der Waals surface area contributed by atoms with Crippen LogP contribution in [0.4, 0.5) is 0 Å². The Bertz CT molecular complexity index is 2250. The van der Waals surface area contributed by atoms with Gasteiger partial charge in [-0.3, -0.25) is 0 Å². The van der Waals surface area contributed by atoms with Crippen LogP contribution in [0.3, 0.4) is 0 Å². The molecule has 5 heteroatoms. The van der Waals surface area contributed by atoms with Crippen molar-refractivity contribution in [2.24, 2.45) is 5.92 Å². The van der Waals surface area contributed by atoms with Crippen molar-refractivity contribution in [3.8, 4) is 33.6 Å². The van der Waals surface area contributed by atoms with Gasteiger partial charge in [-0.2, -0.15) is 11.3 Å². The molecule has 0 atom stereocenters. The van der Waals surface area contributed by atoms with Crippen LogP contribution in [-0.4, -0.2) is 23.2 Å². The minimum atomic E-state index is -1.77. The summed E-state index contributed by atoms with van der Waals surface area (Å²) < 4.78 is 4.08. The monoisotopic (exact) mass is 925 g/mol. The third kappa shape index (κ3) is 7.86. The van der Waals surface area contributed by atoms with E-state index in [9.17, 15) is 0 Å². The Morgan fingerprint density at radius 3 is 2.24 bits per heavy atom. The number of benzene rings is 4. The zero-order chi connectivity index (χ0) is 34.9. The van der Waals surface area contributed by atoms with E-state index in [0.717, 1.165) is 28.4 Å². The first-order valence-corrected chi connectivity index (χ1v) is 26.1. The van der Waals surface area contributed by atoms with E-state index in [-0.39, 0.29) is 25.5 Å². The van der Waals surface area contributed by atoms with Crippen LogP contribution >= 0.6 is 11.3 Å². The molecule has 0 amide bonds. The fraction of sp³-hybridized carbons (Fsp3) is 0.261. The number of fused-ring (bicyclic) bond motifs is 3. The fourth-order valence-corrected chi connectivity index (χ4v) is 12.5. The summed E-state index contributed by atoms with van der Waals surface area (Å²) in [6.45, 7) is 7.03. The maximum absolute atomic E-state index is 4.85. The molecule has 8 rings (SSSR count). The van der Waals surface area contributed by atoms with Crippen molar-refractivity contribution in [2.75, 3.05) is 0 Å². The summed E-state index contributed by atoms with van der Waals surface area (Å²) in [7, 11) is 0. The maximum Gasteiger partial charge on any atom is 0 e. The van der Waals surface area contributed by atoms with Crippen molar-refractivity contribution in [3.63, 3.8) is 0 Å². The second kappa shape index (κ2) is 15.7. The number of hydrogen-bond donors (Lipinski definition) is 0. The SMILES string of the molecule is CC(C)(c1ccnc(-c2[c-]cc(-c3ccccc3)c3c2sc2ccccc23)c1)C1CCCC1.Cc1cc(-c2[c-]cccc2)nc[c]1[Ge]([CH3])([CH3])[CH3].[Ir]. The van der Waals surface area contributed by atoms with Crippen molar-refractivity contribution >= 4 is 49.2 Å². The molecule has 0 saturated heterocycles. The van der Waals surface area contributed by atoms with Gasteiger partial charge in [0.15, 0.2) is 0 Å². The molecule has 1 aliphatic carbocycles. The van der Waals surface area contributed by atoms with E-state index in [1.54, 1.807) is 0 Å². The van der Waals surface area contributed by atoms with Crippen molar-refractivity contribution in [1.82, 2.24) is 9.97 Å². The van der Waals surface area contributed by atoms with Crippen LogP contribution in [0.25, 0.3) is 53.8 Å². The number of aryl methyl sites for hydroxylation is 1. The van der Waals surface area contributed by atoms with Gasteiger partial charge < -0.3 is 4.98 Å². The second-order valence-corrected chi connectivity index (χ2v) is 26.9. The van der Waals surface area contributed by atoms with Crippen molar-refractivity contribution in [1.29, 1.82) is 0 Å². The van der Waals surface area contributed by atoms with Gasteiger partial charge in [-0.15, -0.1) is 17.7 Å². The average Bonchev–Trinajstić information content (AvgIpc) is 3.82. The molecule has 2 nitrogen and oxygen atoms in total. The first-order valence-electron chi connectivity index (χ1n) is 17.9. The predicted octanol–water partition coefficient (Wildman–Crippen LogP) is 12.5. The Hall–Kier alpha value is -3.41. The van der Waals surface area contributed by atoms with E-state index in [1.165, 1.54) is 72.5 Å². The van der Waals surface area contributed by atoms with Crippen molar-refractivity contribution < 1.29 is 20.1 Å². The summed E-state index contributed by atoms with van der Waals surface area (Å²) in [6, 6.07) is 43.2. The molecule has 0 bridgehead atoms. The number of nitrogens with zero attached hydrogens (tertiary/aromatic N) is 2. The average molecular weight is 924 g/mol. The van der Waals surface area contributed by atoms with Crippen LogP contribution in [0, 0.1) is 25.0 Å². The number of pyridine rings is 2. The van der Waals surface area contributed by atoms with Gasteiger partial charge in [0.25, 0.3) is 0 Å². The third-order valence-corrected chi connectivity index (χ3v) is 16.3. The third-order valence-electron chi connectivity index (χ3n) is 10.6. The minimum absolute atomic E-state index is 0. The van der Waals surface area contributed by atoms with Gasteiger partial charge in [0.1, 0.15) is 0 Å². The van der Waals surface area contributed by atoms with Gasteiger partial charge in [-0.1, -0.05) is 97.8 Å². The molecule has 51 heavy (non-hydrogen) atoms. The quantitative estimate of drug-likeness (QED) is 0.123. The molecule has 3 aromatic heterocycles. The van der Waals surface area contributed by atoms with E-state index in [0.29, 0.717) is 0 Å². The van der Waals surface area contributed by atoms with E-state index < -0.39 is 13.3 Å². The van der Waals surface area contributed by atoms with Crippen LogP contribution < -0.4 is 4.40 Å². The Kier molecular flexibility index (Phi) is 11.5. The molecule has 261 valence electrons. The summed E-state index contributed by atoms with van der Waals surface area (Å²) in [6.07, 6.45) is 9.48. The van der Waals surface area contributed by atoms with Gasteiger partial charge in [0.2, 0.25) is 0 Å². The largest absolute Gasteiger partial charge is 0 e. The Labute approximate surface area is 324 Å². The van der Waals surface area contributed by atoms with Crippen LogP contribution in [0.1, 0.15) is 50.7 Å². The normalized spacial score (nSPS) is 13.5. The zero-order valence-electron chi connectivity index (χ0n) is 30.5. The molecule has 4 aromatic carbocycles. The fourth-order valence-electron chi connectivity index (χ4n) is 7.70. The zero-order valence-corrected chi connectivity index (χ0v) is 35.8. The minimum Gasteiger partial charge on any atom is 0 e. The van der Waals surface area contributed by atoms with Gasteiger partial charge in [0, 0.05) is 31.0 Å². The van der Waals surface area contributed by atoms with Crippen LogP contribution in [-0.2, 0) is 25.5 Å². The molecule has 1 aliphatic rings. The Balaban J connectivity index is 0.000000211. The van der Waals surface area contributed by atoms with E-state index in [2.05, 4.69) is 146 Å². The molecular formula is C46H46GeIrN2S-2. The number of aromatic nitrogens is 2. The van der Waals surface area contributed by atoms with Crippen LogP contribution in [0.5, 0.6) is 0 Å². The summed E-state index contributed by atoms with van der Waals surface area (Å²) >= 11 is 0.0868. The molecule has 1 saturated carbocycles. The molecular weight excluding hydrogens is 877 g/mol. The molecule has 3 heterocycles. The summed E-state index contributed by atoms with van der Waals surface area (Å²) in [5.74, 6) is 7.95. The number of rotatable bonds is 6. The van der Waals surface area contributed by atoms with Crippen molar-refractivity contribution in [3.05, 3.63) is 139 Å².